The van der Waals surface area contributed by atoms with E-state index in [0.717, 1.165) is 46.1 Å². The maximum absolute atomic E-state index is 13.5. The Morgan fingerprint density at radius 3 is 2.70 bits per heavy atom. The molecule has 0 heterocycles. The maximum Gasteiger partial charge on any atom is 0.234 e. The van der Waals surface area contributed by atoms with Crippen LogP contribution in [0, 0.1) is 29.2 Å². The highest BCUT2D eigenvalue weighted by Crippen LogP contribution is 2.25. The first kappa shape index (κ1) is 17.3. The number of amides is 1. The van der Waals surface area contributed by atoms with Crippen LogP contribution in [-0.2, 0) is 4.79 Å². The van der Waals surface area contributed by atoms with E-state index in [9.17, 15) is 13.6 Å². The molecule has 0 fully saturated rings. The normalized spacial score (nSPS) is 10.2. The van der Waals surface area contributed by atoms with Gasteiger partial charge in [0, 0.05) is 21.5 Å². The fourth-order valence-corrected chi connectivity index (χ4v) is 3.01. The highest BCUT2D eigenvalue weighted by atomic mass is 32.2. The summed E-state index contributed by atoms with van der Waals surface area (Å²) in [5.74, 6) is -1.61. The smallest absolute Gasteiger partial charge is 0.234 e. The Hall–Kier alpha value is -2.04. The second-order valence-corrected chi connectivity index (χ2v) is 6.46. The summed E-state index contributed by atoms with van der Waals surface area (Å²) < 4.78 is 26.3. The third-order valence-corrected chi connectivity index (χ3v) is 4.52. The van der Waals surface area contributed by atoms with Crippen LogP contribution in [0.2, 0.25) is 0 Å². The number of carbonyl (C=O) groups excluding carboxylic acids is 1. The van der Waals surface area contributed by atoms with Gasteiger partial charge in [-0.25, -0.2) is 8.78 Å². The molecule has 118 valence electrons. The van der Waals surface area contributed by atoms with Gasteiger partial charge in [-0.2, -0.15) is 5.26 Å². The molecular formula is C16H12F2N2OS2. The van der Waals surface area contributed by atoms with Gasteiger partial charge >= 0.3 is 0 Å². The van der Waals surface area contributed by atoms with E-state index >= 15 is 0 Å². The van der Waals surface area contributed by atoms with Crippen molar-refractivity contribution in [1.29, 1.82) is 5.26 Å². The molecule has 0 spiro atoms. The van der Waals surface area contributed by atoms with Crippen LogP contribution in [0.4, 0.5) is 14.5 Å². The van der Waals surface area contributed by atoms with Gasteiger partial charge in [-0.05, 0) is 54.6 Å². The van der Waals surface area contributed by atoms with Gasteiger partial charge in [-0.3, -0.25) is 4.79 Å². The molecular weight excluding hydrogens is 338 g/mol. The van der Waals surface area contributed by atoms with Crippen molar-refractivity contribution < 1.29 is 13.6 Å². The Labute approximate surface area is 141 Å². The second kappa shape index (κ2) is 7.99. The molecule has 0 aliphatic carbocycles. The first-order valence-electron chi connectivity index (χ1n) is 6.54. The molecule has 7 heteroatoms. The number of hydrogen-bond acceptors (Lipinski definition) is 4. The highest BCUT2D eigenvalue weighted by molar-refractivity contribution is 8.03. The number of hydrogen-bond donors (Lipinski definition) is 1. The van der Waals surface area contributed by atoms with E-state index in [1.54, 1.807) is 18.2 Å². The predicted molar refractivity (Wildman–Crippen MR) is 88.4 cm³/mol. The lowest BCUT2D eigenvalue weighted by Gasteiger charge is -2.09. The van der Waals surface area contributed by atoms with Gasteiger partial charge in [0.15, 0.2) is 0 Å². The molecule has 0 saturated heterocycles. The molecule has 0 bridgehead atoms. The SMILES string of the molecule is Cc1cc(SC#N)ccc1NC(=O)CSc1ccc(F)cc1F. The summed E-state index contributed by atoms with van der Waals surface area (Å²) in [6.45, 7) is 1.82. The van der Waals surface area contributed by atoms with Crippen molar-refractivity contribution in [2.24, 2.45) is 0 Å². The number of aryl methyl sites for hydroxylation is 1. The Morgan fingerprint density at radius 1 is 1.26 bits per heavy atom. The number of benzene rings is 2. The van der Waals surface area contributed by atoms with Crippen LogP contribution in [0.5, 0.6) is 0 Å². The van der Waals surface area contributed by atoms with Crippen molar-refractivity contribution in [3.05, 3.63) is 53.6 Å². The molecule has 2 rings (SSSR count). The average Bonchev–Trinajstić information content (AvgIpc) is 2.49. The lowest BCUT2D eigenvalue weighted by Crippen LogP contribution is -2.14. The topological polar surface area (TPSA) is 52.9 Å². The van der Waals surface area contributed by atoms with Crippen LogP contribution in [0.15, 0.2) is 46.2 Å². The summed E-state index contributed by atoms with van der Waals surface area (Å²) in [4.78, 5) is 13.0. The predicted octanol–water partition coefficient (Wildman–Crippen LogP) is 4.58. The van der Waals surface area contributed by atoms with Crippen LogP contribution < -0.4 is 5.32 Å². The van der Waals surface area contributed by atoms with Crippen LogP contribution >= 0.6 is 23.5 Å². The van der Waals surface area contributed by atoms with Gasteiger partial charge in [0.1, 0.15) is 17.0 Å². The van der Waals surface area contributed by atoms with E-state index in [0.29, 0.717) is 5.69 Å². The van der Waals surface area contributed by atoms with E-state index in [2.05, 4.69) is 5.32 Å². The molecule has 1 N–H and O–H groups in total. The van der Waals surface area contributed by atoms with Gasteiger partial charge in [0.05, 0.1) is 5.75 Å². The van der Waals surface area contributed by atoms with E-state index in [4.69, 9.17) is 5.26 Å². The first-order chi connectivity index (χ1) is 11.0. The number of thioether (sulfide) groups is 2. The minimum atomic E-state index is -0.683. The summed E-state index contributed by atoms with van der Waals surface area (Å²) in [6.07, 6.45) is 0. The molecule has 23 heavy (non-hydrogen) atoms. The number of rotatable bonds is 5. The third-order valence-electron chi connectivity index (χ3n) is 2.89. The van der Waals surface area contributed by atoms with E-state index in [-0.39, 0.29) is 16.6 Å². The lowest BCUT2D eigenvalue weighted by molar-refractivity contribution is -0.113. The summed E-state index contributed by atoms with van der Waals surface area (Å²) in [5.41, 5.74) is 1.47. The molecule has 0 aliphatic rings. The molecule has 0 aliphatic heterocycles. The summed E-state index contributed by atoms with van der Waals surface area (Å²) >= 11 is 2.04. The molecule has 1 amide bonds. The van der Waals surface area contributed by atoms with Gasteiger partial charge in [0.25, 0.3) is 0 Å². The lowest BCUT2D eigenvalue weighted by atomic mass is 10.2. The Kier molecular flexibility index (Phi) is 6.02. The largest absolute Gasteiger partial charge is 0.325 e. The monoisotopic (exact) mass is 350 g/mol. The molecule has 0 radical (unpaired) electrons. The number of halogens is 2. The third kappa shape index (κ3) is 4.98. The van der Waals surface area contributed by atoms with Crippen LogP contribution in [0.1, 0.15) is 5.56 Å². The van der Waals surface area contributed by atoms with E-state index in [1.165, 1.54) is 6.07 Å². The van der Waals surface area contributed by atoms with Gasteiger partial charge in [-0.15, -0.1) is 11.8 Å². The zero-order chi connectivity index (χ0) is 16.8. The van der Waals surface area contributed by atoms with Gasteiger partial charge in [-0.1, -0.05) is 0 Å². The minimum absolute atomic E-state index is 0.0106. The Balaban J connectivity index is 1.96. The summed E-state index contributed by atoms with van der Waals surface area (Å²) in [6, 6.07) is 8.51. The number of nitrogens with zero attached hydrogens (tertiary/aromatic N) is 1. The van der Waals surface area contributed by atoms with Crippen molar-refractivity contribution in [2.75, 3.05) is 11.1 Å². The number of anilines is 1. The highest BCUT2D eigenvalue weighted by Gasteiger charge is 2.09. The Bertz CT molecular complexity index is 775. The van der Waals surface area contributed by atoms with Crippen LogP contribution in [0.25, 0.3) is 0 Å². The second-order valence-electron chi connectivity index (χ2n) is 4.58. The summed E-state index contributed by atoms with van der Waals surface area (Å²) in [7, 11) is 0. The quantitative estimate of drug-likeness (QED) is 0.634. The van der Waals surface area contributed by atoms with Crippen LogP contribution in [-0.4, -0.2) is 11.7 Å². The van der Waals surface area contributed by atoms with Crippen molar-refractivity contribution >= 4 is 35.1 Å². The van der Waals surface area contributed by atoms with Gasteiger partial charge in [0.2, 0.25) is 5.91 Å². The molecule has 0 aromatic heterocycles. The zero-order valence-corrected chi connectivity index (χ0v) is 13.7. The molecule has 2 aromatic rings. The molecule has 0 atom stereocenters. The zero-order valence-electron chi connectivity index (χ0n) is 12.1. The fraction of sp³-hybridized carbons (Fsp3) is 0.125. The number of nitrogens with one attached hydrogen (secondary N) is 1. The van der Waals surface area contributed by atoms with Crippen molar-refractivity contribution in [3.8, 4) is 5.40 Å². The van der Waals surface area contributed by atoms with Gasteiger partial charge < -0.3 is 5.32 Å². The standard InChI is InChI=1S/C16H12F2N2OS2/c1-10-6-12(23-9-19)3-4-14(10)20-16(21)8-22-15-5-2-11(17)7-13(15)18/h2-7H,8H2,1H3,(H,20,21). The van der Waals surface area contributed by atoms with E-state index < -0.39 is 11.6 Å². The van der Waals surface area contributed by atoms with Crippen molar-refractivity contribution in [1.82, 2.24) is 0 Å². The molecule has 2 aromatic carbocycles. The molecule has 0 unspecified atom stereocenters. The van der Waals surface area contributed by atoms with E-state index in [1.807, 2.05) is 12.3 Å². The Morgan fingerprint density at radius 2 is 2.04 bits per heavy atom. The number of carbonyl (C=O) groups is 1. The van der Waals surface area contributed by atoms with Crippen molar-refractivity contribution in [3.63, 3.8) is 0 Å². The summed E-state index contributed by atoms with van der Waals surface area (Å²) in [5, 5.41) is 13.3. The average molecular weight is 350 g/mol. The number of nitriles is 1. The maximum atomic E-state index is 13.5. The molecule has 0 saturated carbocycles. The molecule has 3 nitrogen and oxygen atoms in total. The van der Waals surface area contributed by atoms with Crippen molar-refractivity contribution in [2.45, 2.75) is 16.7 Å². The first-order valence-corrected chi connectivity index (χ1v) is 8.34. The number of thiocyanates is 1. The minimum Gasteiger partial charge on any atom is -0.325 e. The van der Waals surface area contributed by atoms with Crippen LogP contribution in [0.3, 0.4) is 0 Å². The fourth-order valence-electron chi connectivity index (χ4n) is 1.81.